The van der Waals surface area contributed by atoms with Gasteiger partial charge in [0.25, 0.3) is 5.91 Å². The normalized spacial score (nSPS) is 16.8. The van der Waals surface area contributed by atoms with Crippen LogP contribution in [0.4, 0.5) is 10.1 Å². The predicted octanol–water partition coefficient (Wildman–Crippen LogP) is 4.49. The zero-order valence-corrected chi connectivity index (χ0v) is 15.5. The molecule has 1 fully saturated rings. The largest absolute Gasteiger partial charge is 0.399 e. The Kier molecular flexibility index (Phi) is 5.06. The molecular formula is C23H22FN3O. The van der Waals surface area contributed by atoms with Crippen molar-refractivity contribution in [1.29, 1.82) is 0 Å². The number of nitrogens with two attached hydrogens (primary N) is 1. The highest BCUT2D eigenvalue weighted by atomic mass is 19.1. The summed E-state index contributed by atoms with van der Waals surface area (Å²) in [6, 6.07) is 19.4. The molecule has 4 nitrogen and oxygen atoms in total. The molecule has 1 aromatic heterocycles. The quantitative estimate of drug-likeness (QED) is 0.686. The van der Waals surface area contributed by atoms with E-state index in [1.54, 1.807) is 36.4 Å². The van der Waals surface area contributed by atoms with E-state index < -0.39 is 0 Å². The van der Waals surface area contributed by atoms with E-state index >= 15 is 0 Å². The van der Waals surface area contributed by atoms with Crippen LogP contribution in [0.15, 0.2) is 66.7 Å². The number of anilines is 1. The highest BCUT2D eigenvalue weighted by Crippen LogP contribution is 2.28. The van der Waals surface area contributed by atoms with Gasteiger partial charge in [0.1, 0.15) is 5.82 Å². The summed E-state index contributed by atoms with van der Waals surface area (Å²) in [4.78, 5) is 19.5. The molecule has 0 saturated carbocycles. The molecule has 3 aromatic rings. The smallest absolute Gasteiger partial charge is 0.253 e. The standard InChI is InChI=1S/C23H22FN3O/c24-19-11-9-16(10-12-19)21-7-2-8-22(26-21)18-5-3-13-27(15-18)23(28)17-4-1-6-20(25)14-17/h1-2,4,6-12,14,18H,3,5,13,15,25H2/t18-/m1/s1. The molecule has 0 unspecified atom stereocenters. The van der Waals surface area contributed by atoms with Crippen molar-refractivity contribution in [2.24, 2.45) is 0 Å². The van der Waals surface area contributed by atoms with Crippen LogP contribution in [0.1, 0.15) is 34.8 Å². The number of aromatic nitrogens is 1. The maximum absolute atomic E-state index is 13.2. The third-order valence-electron chi connectivity index (χ3n) is 5.17. The second kappa shape index (κ2) is 7.80. The van der Waals surface area contributed by atoms with Crippen LogP contribution in [0.2, 0.25) is 0 Å². The number of amides is 1. The fourth-order valence-electron chi connectivity index (χ4n) is 3.72. The zero-order valence-electron chi connectivity index (χ0n) is 15.5. The lowest BCUT2D eigenvalue weighted by Crippen LogP contribution is -2.39. The summed E-state index contributed by atoms with van der Waals surface area (Å²) in [6.45, 7) is 1.37. The average Bonchev–Trinajstić information content (AvgIpc) is 2.74. The van der Waals surface area contributed by atoms with Crippen LogP contribution < -0.4 is 5.73 Å². The van der Waals surface area contributed by atoms with Crippen LogP contribution in [0.3, 0.4) is 0 Å². The van der Waals surface area contributed by atoms with Crippen LogP contribution in [-0.2, 0) is 0 Å². The van der Waals surface area contributed by atoms with Gasteiger partial charge in [-0.2, -0.15) is 0 Å². The lowest BCUT2D eigenvalue weighted by Gasteiger charge is -2.32. The molecule has 1 aliphatic heterocycles. The molecule has 0 aliphatic carbocycles. The number of benzene rings is 2. The van der Waals surface area contributed by atoms with Crippen molar-refractivity contribution < 1.29 is 9.18 Å². The lowest BCUT2D eigenvalue weighted by molar-refractivity contribution is 0.0706. The lowest BCUT2D eigenvalue weighted by atomic mass is 9.93. The fraction of sp³-hybridized carbons (Fsp3) is 0.217. The Labute approximate surface area is 163 Å². The Bertz CT molecular complexity index is 987. The summed E-state index contributed by atoms with van der Waals surface area (Å²) in [5, 5.41) is 0. The van der Waals surface area contributed by atoms with Gasteiger partial charge < -0.3 is 10.6 Å². The molecular weight excluding hydrogens is 353 g/mol. The summed E-state index contributed by atoms with van der Waals surface area (Å²) in [7, 11) is 0. The molecule has 0 bridgehead atoms. The van der Waals surface area contributed by atoms with E-state index in [9.17, 15) is 9.18 Å². The Morgan fingerprint density at radius 1 is 1.07 bits per heavy atom. The van der Waals surface area contributed by atoms with Crippen LogP contribution in [0, 0.1) is 5.82 Å². The number of hydrogen-bond donors (Lipinski definition) is 1. The number of pyridine rings is 1. The summed E-state index contributed by atoms with van der Waals surface area (Å²) < 4.78 is 13.2. The molecule has 1 saturated heterocycles. The van der Waals surface area contributed by atoms with Crippen molar-refractivity contribution in [2.75, 3.05) is 18.8 Å². The molecule has 1 aliphatic rings. The molecule has 1 atom stereocenters. The van der Waals surface area contributed by atoms with Gasteiger partial charge >= 0.3 is 0 Å². The number of nitrogen functional groups attached to an aromatic ring is 1. The summed E-state index contributed by atoms with van der Waals surface area (Å²) in [5.41, 5.74) is 9.69. The topological polar surface area (TPSA) is 59.2 Å². The van der Waals surface area contributed by atoms with Crippen molar-refractivity contribution >= 4 is 11.6 Å². The van der Waals surface area contributed by atoms with Gasteiger partial charge in [-0.15, -0.1) is 0 Å². The van der Waals surface area contributed by atoms with E-state index in [0.29, 0.717) is 17.8 Å². The molecule has 2 heterocycles. The first-order valence-corrected chi connectivity index (χ1v) is 9.48. The van der Waals surface area contributed by atoms with Gasteiger partial charge in [-0.3, -0.25) is 9.78 Å². The van der Waals surface area contributed by atoms with Gasteiger partial charge in [0.05, 0.1) is 5.69 Å². The number of nitrogens with zero attached hydrogens (tertiary/aromatic N) is 2. The second-order valence-corrected chi connectivity index (χ2v) is 7.17. The Morgan fingerprint density at radius 2 is 1.86 bits per heavy atom. The molecule has 2 aromatic carbocycles. The van der Waals surface area contributed by atoms with E-state index in [0.717, 1.165) is 36.3 Å². The SMILES string of the molecule is Nc1cccc(C(=O)N2CCC[C@@H](c3cccc(-c4ccc(F)cc4)n3)C2)c1. The molecule has 0 radical (unpaired) electrons. The van der Waals surface area contributed by atoms with Crippen molar-refractivity contribution in [2.45, 2.75) is 18.8 Å². The highest BCUT2D eigenvalue weighted by Gasteiger charge is 2.26. The first-order valence-electron chi connectivity index (χ1n) is 9.48. The monoisotopic (exact) mass is 375 g/mol. The number of likely N-dealkylation sites (tertiary alicyclic amines) is 1. The number of piperidine rings is 1. The molecule has 28 heavy (non-hydrogen) atoms. The Hall–Kier alpha value is -3.21. The zero-order chi connectivity index (χ0) is 19.5. The predicted molar refractivity (Wildman–Crippen MR) is 108 cm³/mol. The van der Waals surface area contributed by atoms with Crippen LogP contribution >= 0.6 is 0 Å². The summed E-state index contributed by atoms with van der Waals surface area (Å²) >= 11 is 0. The number of halogens is 1. The minimum Gasteiger partial charge on any atom is -0.399 e. The van der Waals surface area contributed by atoms with E-state index in [4.69, 9.17) is 10.7 Å². The molecule has 2 N–H and O–H groups in total. The molecule has 5 heteroatoms. The van der Waals surface area contributed by atoms with Crippen molar-refractivity contribution in [1.82, 2.24) is 9.88 Å². The molecule has 0 spiro atoms. The highest BCUT2D eigenvalue weighted by molar-refractivity contribution is 5.95. The summed E-state index contributed by atoms with van der Waals surface area (Å²) in [6.07, 6.45) is 1.92. The van der Waals surface area contributed by atoms with Crippen LogP contribution in [0.5, 0.6) is 0 Å². The van der Waals surface area contributed by atoms with Crippen molar-refractivity contribution in [3.63, 3.8) is 0 Å². The van der Waals surface area contributed by atoms with Gasteiger partial charge in [0, 0.05) is 41.5 Å². The Morgan fingerprint density at radius 3 is 2.64 bits per heavy atom. The summed E-state index contributed by atoms with van der Waals surface area (Å²) in [5.74, 6) is -0.0752. The minimum absolute atomic E-state index is 0.00619. The van der Waals surface area contributed by atoms with Gasteiger partial charge in [0.15, 0.2) is 0 Å². The van der Waals surface area contributed by atoms with Crippen LogP contribution in [0.25, 0.3) is 11.3 Å². The maximum atomic E-state index is 13.2. The van der Waals surface area contributed by atoms with Crippen molar-refractivity contribution in [3.05, 3.63) is 83.8 Å². The molecule has 1 amide bonds. The van der Waals surface area contributed by atoms with E-state index in [1.807, 2.05) is 23.1 Å². The van der Waals surface area contributed by atoms with Crippen LogP contribution in [-0.4, -0.2) is 28.9 Å². The first kappa shape index (κ1) is 18.2. The third-order valence-corrected chi connectivity index (χ3v) is 5.17. The van der Waals surface area contributed by atoms with Gasteiger partial charge in [-0.25, -0.2) is 4.39 Å². The van der Waals surface area contributed by atoms with Gasteiger partial charge in [-0.1, -0.05) is 12.1 Å². The number of rotatable bonds is 3. The minimum atomic E-state index is -0.261. The second-order valence-electron chi connectivity index (χ2n) is 7.17. The molecule has 142 valence electrons. The van der Waals surface area contributed by atoms with E-state index in [1.165, 1.54) is 12.1 Å². The third kappa shape index (κ3) is 3.88. The first-order chi connectivity index (χ1) is 13.6. The number of carbonyl (C=O) groups excluding carboxylic acids is 1. The van der Waals surface area contributed by atoms with E-state index in [-0.39, 0.29) is 17.6 Å². The van der Waals surface area contributed by atoms with Crippen molar-refractivity contribution in [3.8, 4) is 11.3 Å². The fourth-order valence-corrected chi connectivity index (χ4v) is 3.72. The van der Waals surface area contributed by atoms with E-state index in [2.05, 4.69) is 0 Å². The maximum Gasteiger partial charge on any atom is 0.253 e. The Balaban J connectivity index is 1.54. The number of hydrogen-bond acceptors (Lipinski definition) is 3. The van der Waals surface area contributed by atoms with Gasteiger partial charge in [-0.05, 0) is 67.4 Å². The van der Waals surface area contributed by atoms with Gasteiger partial charge in [0.2, 0.25) is 0 Å². The number of carbonyl (C=O) groups is 1. The average molecular weight is 375 g/mol. The molecule has 4 rings (SSSR count).